The van der Waals surface area contributed by atoms with Gasteiger partial charge in [-0.2, -0.15) is 0 Å². The van der Waals surface area contributed by atoms with Crippen molar-refractivity contribution in [1.82, 2.24) is 0 Å². The molecule has 1 rings (SSSR count). The fourth-order valence-electron chi connectivity index (χ4n) is 1.96. The third-order valence-corrected chi connectivity index (χ3v) is 3.98. The molecule has 1 atom stereocenters. The number of ether oxygens (including phenoxy) is 1. The number of hydrogen-bond acceptors (Lipinski definition) is 7. The molecule has 0 aromatic heterocycles. The lowest BCUT2D eigenvalue weighted by Crippen LogP contribution is -2.11. The number of nitrogens with zero attached hydrogens (tertiary/aromatic N) is 1. The lowest BCUT2D eigenvalue weighted by atomic mass is 10.1. The van der Waals surface area contributed by atoms with Gasteiger partial charge < -0.3 is 4.74 Å². The van der Waals surface area contributed by atoms with Crippen LogP contribution in [0.2, 0.25) is 0 Å². The van der Waals surface area contributed by atoms with Gasteiger partial charge in [0.1, 0.15) is 0 Å². The summed E-state index contributed by atoms with van der Waals surface area (Å²) >= 11 is 0. The average molecular weight is 372 g/mol. The lowest BCUT2D eigenvalue weighted by Gasteiger charge is -2.02. The molecule has 0 aliphatic rings. The molecule has 25 heavy (non-hydrogen) atoms. The van der Waals surface area contributed by atoms with Gasteiger partial charge in [-0.15, -0.1) is 0 Å². The van der Waals surface area contributed by atoms with Crippen LogP contribution in [0, 0.1) is 10.1 Å². The third-order valence-electron chi connectivity index (χ3n) is 3.28. The summed E-state index contributed by atoms with van der Waals surface area (Å²) in [6, 6.07) is 5.03. The van der Waals surface area contributed by atoms with Crippen molar-refractivity contribution in [2.75, 3.05) is 13.2 Å². The van der Waals surface area contributed by atoms with Crippen molar-refractivity contribution in [3.63, 3.8) is 0 Å². The third kappa shape index (κ3) is 9.74. The zero-order chi connectivity index (χ0) is 18.5. The van der Waals surface area contributed by atoms with Crippen molar-refractivity contribution in [2.45, 2.75) is 45.4 Å². The van der Waals surface area contributed by atoms with Crippen molar-refractivity contribution in [3.05, 3.63) is 34.4 Å². The molecule has 0 bridgehead atoms. The predicted molar refractivity (Wildman–Crippen MR) is 91.6 cm³/mol. The summed E-state index contributed by atoms with van der Waals surface area (Å²) in [5.74, 6) is -0.462. The summed E-state index contributed by atoms with van der Waals surface area (Å²) in [4.78, 5) is 21.4. The van der Waals surface area contributed by atoms with Crippen LogP contribution in [-0.4, -0.2) is 24.1 Å². The van der Waals surface area contributed by atoms with Crippen LogP contribution < -0.4 is 4.52 Å². The highest BCUT2D eigenvalue weighted by Gasteiger charge is 2.25. The number of nitro groups is 1. The first-order valence-corrected chi connectivity index (χ1v) is 9.30. The van der Waals surface area contributed by atoms with Crippen molar-refractivity contribution in [2.24, 2.45) is 0 Å². The topological polar surface area (TPSA) is 105 Å². The van der Waals surface area contributed by atoms with Gasteiger partial charge >= 0.3 is 14.2 Å². The van der Waals surface area contributed by atoms with Gasteiger partial charge in [-0.25, -0.2) is 9.32 Å². The minimum absolute atomic E-state index is 0.109. The molecule has 1 unspecified atom stereocenters. The van der Waals surface area contributed by atoms with Crippen molar-refractivity contribution < 1.29 is 28.1 Å². The van der Waals surface area contributed by atoms with Gasteiger partial charge in [-0.1, -0.05) is 43.6 Å². The van der Waals surface area contributed by atoms with Crippen molar-refractivity contribution in [1.29, 1.82) is 0 Å². The summed E-state index contributed by atoms with van der Waals surface area (Å²) < 4.78 is 26.3. The molecule has 0 N–H and O–H groups in total. The van der Waals surface area contributed by atoms with E-state index < -0.39 is 25.8 Å². The van der Waals surface area contributed by atoms with Crippen LogP contribution in [0.15, 0.2) is 24.3 Å². The number of rotatable bonds is 13. The number of esters is 1. The Bertz CT molecular complexity index is 562. The maximum atomic E-state index is 11.6. The van der Waals surface area contributed by atoms with Crippen LogP contribution in [0.25, 0.3) is 0 Å². The summed E-state index contributed by atoms with van der Waals surface area (Å²) in [5, 5.41) is 10.5. The number of non-ortho nitro benzene ring substituents is 1. The molecule has 1 aromatic rings. The van der Waals surface area contributed by atoms with Crippen LogP contribution in [0.4, 0.5) is 5.69 Å². The van der Waals surface area contributed by atoms with E-state index in [-0.39, 0.29) is 11.4 Å². The quantitative estimate of drug-likeness (QED) is 0.164. The van der Waals surface area contributed by atoms with E-state index in [1.807, 2.05) is 0 Å². The van der Waals surface area contributed by atoms with E-state index >= 15 is 0 Å². The number of carbonyl (C=O) groups is 1. The predicted octanol–water partition coefficient (Wildman–Crippen LogP) is 4.55. The van der Waals surface area contributed by atoms with Crippen LogP contribution in [0.3, 0.4) is 0 Å². The van der Waals surface area contributed by atoms with Crippen molar-refractivity contribution >= 4 is 19.9 Å². The highest BCUT2D eigenvalue weighted by Crippen LogP contribution is 2.29. The fourth-order valence-corrected chi connectivity index (χ4v) is 2.51. The second-order valence-electron chi connectivity index (χ2n) is 5.33. The van der Waals surface area contributed by atoms with Gasteiger partial charge in [-0.05, 0) is 18.6 Å². The van der Waals surface area contributed by atoms with Crippen molar-refractivity contribution in [3.8, 4) is 5.75 Å². The molecule has 138 valence electrons. The largest absolute Gasteiger partial charge is 0.750 e. The van der Waals surface area contributed by atoms with E-state index in [0.29, 0.717) is 6.61 Å². The number of benzene rings is 1. The maximum Gasteiger partial charge on any atom is 0.750 e. The minimum Gasteiger partial charge on any atom is -0.464 e. The molecule has 8 nitrogen and oxygen atoms in total. The van der Waals surface area contributed by atoms with Gasteiger partial charge in [0.2, 0.25) is 6.61 Å². The summed E-state index contributed by atoms with van der Waals surface area (Å²) in [5.41, 5.74) is -0.109. The first-order chi connectivity index (χ1) is 12.0. The van der Waals surface area contributed by atoms with Gasteiger partial charge in [0.15, 0.2) is 5.75 Å². The monoisotopic (exact) mass is 372 g/mol. The van der Waals surface area contributed by atoms with Gasteiger partial charge in [-0.3, -0.25) is 10.1 Å². The first-order valence-electron chi connectivity index (χ1n) is 8.21. The van der Waals surface area contributed by atoms with Crippen LogP contribution in [0.1, 0.15) is 45.4 Å². The van der Waals surface area contributed by atoms with Crippen LogP contribution >= 0.6 is 8.25 Å². The molecule has 0 radical (unpaired) electrons. The molecule has 0 spiro atoms. The number of nitro benzene ring substituents is 1. The highest BCUT2D eigenvalue weighted by molar-refractivity contribution is 7.33. The van der Waals surface area contributed by atoms with Crippen LogP contribution in [0.5, 0.6) is 5.75 Å². The Kier molecular flexibility index (Phi) is 10.4. The Morgan fingerprint density at radius 2 is 1.76 bits per heavy atom. The fraction of sp³-hybridized carbons (Fsp3) is 0.562. The average Bonchev–Trinajstić information content (AvgIpc) is 2.59. The molecule has 0 aliphatic carbocycles. The van der Waals surface area contributed by atoms with E-state index in [9.17, 15) is 19.5 Å². The standard InChI is InChI=1S/C16H23NO7P/c1-2-3-4-5-6-7-12-22-16(18)13-23-25(21)24-15-10-8-14(9-11-15)17(19)20/h8-11H,2-7,12-13H2,1H3/q+1. The van der Waals surface area contributed by atoms with E-state index in [2.05, 4.69) is 6.92 Å². The molecular weight excluding hydrogens is 349 g/mol. The Balaban J connectivity index is 2.14. The summed E-state index contributed by atoms with van der Waals surface area (Å²) in [6.07, 6.45) is 6.51. The van der Waals surface area contributed by atoms with Gasteiger partial charge in [0.25, 0.3) is 5.69 Å². The lowest BCUT2D eigenvalue weighted by molar-refractivity contribution is -0.384. The molecule has 1 aromatic carbocycles. The first kappa shape index (κ1) is 21.0. The number of hydrogen-bond donors (Lipinski definition) is 0. The second kappa shape index (κ2) is 12.3. The zero-order valence-electron chi connectivity index (χ0n) is 14.2. The molecule has 0 amide bonds. The van der Waals surface area contributed by atoms with E-state index in [0.717, 1.165) is 19.3 Å². The van der Waals surface area contributed by atoms with Crippen LogP contribution in [-0.2, 0) is 18.6 Å². The number of carbonyl (C=O) groups excluding carboxylic acids is 1. The number of unbranched alkanes of at least 4 members (excludes halogenated alkanes) is 5. The van der Waals surface area contributed by atoms with Gasteiger partial charge in [0.05, 0.1) is 11.5 Å². The normalized spacial score (nSPS) is 11.0. The van der Waals surface area contributed by atoms with E-state index in [4.69, 9.17) is 13.8 Å². The molecule has 9 heteroatoms. The Hall–Kier alpha value is -2.05. The van der Waals surface area contributed by atoms with E-state index in [1.54, 1.807) is 0 Å². The molecule has 0 fully saturated rings. The molecule has 0 heterocycles. The minimum atomic E-state index is -2.56. The molecule has 0 saturated carbocycles. The van der Waals surface area contributed by atoms with Gasteiger partial charge in [0, 0.05) is 16.7 Å². The van der Waals surface area contributed by atoms with E-state index in [1.165, 1.54) is 43.5 Å². The Morgan fingerprint density at radius 3 is 2.40 bits per heavy atom. The summed E-state index contributed by atoms with van der Waals surface area (Å²) in [7, 11) is -2.56. The Morgan fingerprint density at radius 1 is 1.12 bits per heavy atom. The molecule has 0 aliphatic heterocycles. The highest BCUT2D eigenvalue weighted by atomic mass is 31.1. The molecule has 0 saturated heterocycles. The smallest absolute Gasteiger partial charge is 0.464 e. The molecular formula is C16H23NO7P+. The zero-order valence-corrected chi connectivity index (χ0v) is 15.1. The SMILES string of the molecule is CCCCCCCCOC(=O)CO[P+](=O)Oc1ccc([N+](=O)[O-])cc1. The second-order valence-corrected chi connectivity index (χ2v) is 6.22. The summed E-state index contributed by atoms with van der Waals surface area (Å²) in [6.45, 7) is 1.99. The Labute approximate surface area is 147 Å². The maximum absolute atomic E-state index is 11.6.